The van der Waals surface area contributed by atoms with Crippen molar-refractivity contribution < 1.29 is 18.0 Å². The monoisotopic (exact) mass is 335 g/mol. The topological polar surface area (TPSA) is 20.3 Å². The van der Waals surface area contributed by atoms with Crippen molar-refractivity contribution in [3.63, 3.8) is 0 Å². The van der Waals surface area contributed by atoms with E-state index < -0.39 is 18.6 Å². The lowest BCUT2D eigenvalue weighted by atomic mass is 10.1. The van der Waals surface area contributed by atoms with Gasteiger partial charge in [-0.25, -0.2) is 0 Å². The number of hydrogen-bond acceptors (Lipinski definition) is 1. The third-order valence-electron chi connectivity index (χ3n) is 2.43. The summed E-state index contributed by atoms with van der Waals surface area (Å²) in [6, 6.07) is 4.82. The van der Waals surface area contributed by atoms with Gasteiger partial charge in [0.05, 0.1) is 0 Å². The lowest BCUT2D eigenvalue weighted by molar-refractivity contribution is -0.139. The Morgan fingerprint density at radius 2 is 2.11 bits per heavy atom. The number of nitrogens with zero attached hydrogens (tertiary/aromatic N) is 1. The number of rotatable bonds is 4. The van der Waals surface area contributed by atoms with Crippen LogP contribution < -0.4 is 0 Å². The fourth-order valence-corrected chi connectivity index (χ4v) is 2.10. The molecule has 1 rings (SSSR count). The summed E-state index contributed by atoms with van der Waals surface area (Å²) >= 11 is 3.24. The van der Waals surface area contributed by atoms with E-state index in [9.17, 15) is 18.0 Å². The molecule has 0 heterocycles. The molecular formula is C13H13BrF3NO. The Bertz CT molecular complexity index is 485. The van der Waals surface area contributed by atoms with Crippen LogP contribution in [0.5, 0.6) is 0 Å². The molecule has 0 saturated carbocycles. The van der Waals surface area contributed by atoms with Crippen LogP contribution in [0.25, 0.3) is 0 Å². The van der Waals surface area contributed by atoms with Crippen molar-refractivity contribution in [3.05, 3.63) is 46.5 Å². The van der Waals surface area contributed by atoms with Crippen LogP contribution in [-0.4, -0.2) is 30.1 Å². The molecule has 0 saturated heterocycles. The summed E-state index contributed by atoms with van der Waals surface area (Å²) in [5.41, 5.74) is 0.880. The second-order valence-electron chi connectivity index (χ2n) is 4.05. The average molecular weight is 336 g/mol. The third-order valence-corrected chi connectivity index (χ3v) is 2.92. The van der Waals surface area contributed by atoms with E-state index in [4.69, 9.17) is 0 Å². The molecular weight excluding hydrogens is 323 g/mol. The highest BCUT2D eigenvalue weighted by Crippen LogP contribution is 2.21. The van der Waals surface area contributed by atoms with Crippen LogP contribution in [0.3, 0.4) is 0 Å². The second kappa shape index (κ2) is 6.23. The van der Waals surface area contributed by atoms with E-state index in [1.54, 1.807) is 19.1 Å². The van der Waals surface area contributed by atoms with E-state index in [0.717, 1.165) is 9.37 Å². The third kappa shape index (κ3) is 4.70. The van der Waals surface area contributed by atoms with Crippen molar-refractivity contribution >= 4 is 21.8 Å². The Hall–Kier alpha value is -1.30. The molecule has 2 nitrogen and oxygen atoms in total. The van der Waals surface area contributed by atoms with E-state index in [2.05, 4.69) is 22.5 Å². The minimum Gasteiger partial charge on any atom is -0.326 e. The molecule has 19 heavy (non-hydrogen) atoms. The van der Waals surface area contributed by atoms with E-state index >= 15 is 0 Å². The molecule has 0 aliphatic heterocycles. The molecule has 0 aromatic heterocycles. The van der Waals surface area contributed by atoms with Gasteiger partial charge in [0, 0.05) is 16.6 Å². The van der Waals surface area contributed by atoms with Gasteiger partial charge in [-0.05, 0) is 30.7 Å². The van der Waals surface area contributed by atoms with Crippen LogP contribution in [0.15, 0.2) is 35.3 Å². The molecule has 0 atom stereocenters. The van der Waals surface area contributed by atoms with Gasteiger partial charge in [-0.3, -0.25) is 4.79 Å². The first-order valence-corrected chi connectivity index (χ1v) is 6.27. The highest BCUT2D eigenvalue weighted by Gasteiger charge is 2.33. The van der Waals surface area contributed by atoms with Gasteiger partial charge < -0.3 is 4.90 Å². The summed E-state index contributed by atoms with van der Waals surface area (Å²) < 4.78 is 38.1. The number of alkyl halides is 3. The van der Waals surface area contributed by atoms with E-state index in [0.29, 0.717) is 5.56 Å². The molecule has 0 aliphatic carbocycles. The molecule has 0 fully saturated rings. The zero-order valence-electron chi connectivity index (χ0n) is 10.3. The van der Waals surface area contributed by atoms with Gasteiger partial charge >= 0.3 is 6.18 Å². The van der Waals surface area contributed by atoms with Crippen LogP contribution in [0.4, 0.5) is 13.2 Å². The zero-order chi connectivity index (χ0) is 14.6. The van der Waals surface area contributed by atoms with E-state index in [1.165, 1.54) is 12.1 Å². The molecule has 0 N–H and O–H groups in total. The number of benzene rings is 1. The summed E-state index contributed by atoms with van der Waals surface area (Å²) in [4.78, 5) is 12.8. The SMILES string of the molecule is C=CCN(CC(F)(F)F)C(=O)c1ccc(Br)cc1C. The van der Waals surface area contributed by atoms with Crippen molar-refractivity contribution in [1.29, 1.82) is 0 Å². The molecule has 0 unspecified atom stereocenters. The molecule has 0 bridgehead atoms. The number of halogens is 4. The van der Waals surface area contributed by atoms with Crippen LogP contribution in [0, 0.1) is 6.92 Å². The average Bonchev–Trinajstić information content (AvgIpc) is 2.26. The summed E-state index contributed by atoms with van der Waals surface area (Å²) in [5, 5.41) is 0. The predicted octanol–water partition coefficient (Wildman–Crippen LogP) is 3.95. The molecule has 1 aromatic rings. The summed E-state index contributed by atoms with van der Waals surface area (Å²) in [6.07, 6.45) is -3.15. The van der Waals surface area contributed by atoms with Crippen molar-refractivity contribution in [2.24, 2.45) is 0 Å². The first-order valence-electron chi connectivity index (χ1n) is 5.47. The van der Waals surface area contributed by atoms with Crippen LogP contribution in [-0.2, 0) is 0 Å². The standard InChI is InChI=1S/C13H13BrF3NO/c1-3-6-18(8-13(15,16)17)12(19)11-5-4-10(14)7-9(11)2/h3-5,7H,1,6,8H2,2H3. The Morgan fingerprint density at radius 3 is 2.58 bits per heavy atom. The molecule has 1 amide bonds. The Kier molecular flexibility index (Phi) is 5.17. The van der Waals surface area contributed by atoms with Crippen LogP contribution >= 0.6 is 15.9 Å². The highest BCUT2D eigenvalue weighted by atomic mass is 79.9. The maximum absolute atomic E-state index is 12.4. The number of amides is 1. The normalized spacial score (nSPS) is 11.2. The fourth-order valence-electron chi connectivity index (χ4n) is 1.63. The first kappa shape index (κ1) is 15.8. The molecule has 0 aliphatic rings. The number of carbonyl (C=O) groups is 1. The minimum absolute atomic E-state index is 0.145. The molecule has 104 valence electrons. The lowest BCUT2D eigenvalue weighted by Crippen LogP contribution is -2.39. The molecule has 6 heteroatoms. The lowest BCUT2D eigenvalue weighted by Gasteiger charge is -2.23. The van der Waals surface area contributed by atoms with Gasteiger partial charge in [-0.2, -0.15) is 13.2 Å². The molecule has 1 aromatic carbocycles. The van der Waals surface area contributed by atoms with Gasteiger partial charge in [0.2, 0.25) is 0 Å². The summed E-state index contributed by atoms with van der Waals surface area (Å²) in [5.74, 6) is -0.651. The number of carbonyl (C=O) groups excluding carboxylic acids is 1. The maximum atomic E-state index is 12.4. The summed E-state index contributed by atoms with van der Waals surface area (Å²) in [6.45, 7) is 3.62. The quantitative estimate of drug-likeness (QED) is 0.763. The zero-order valence-corrected chi connectivity index (χ0v) is 11.9. The second-order valence-corrected chi connectivity index (χ2v) is 4.96. The van der Waals surface area contributed by atoms with Gasteiger partial charge in [0.15, 0.2) is 0 Å². The van der Waals surface area contributed by atoms with Gasteiger partial charge in [-0.1, -0.05) is 22.0 Å². The Morgan fingerprint density at radius 1 is 1.47 bits per heavy atom. The van der Waals surface area contributed by atoms with E-state index in [1.807, 2.05) is 0 Å². The van der Waals surface area contributed by atoms with Crippen molar-refractivity contribution in [3.8, 4) is 0 Å². The van der Waals surface area contributed by atoms with Gasteiger partial charge in [0.1, 0.15) is 6.54 Å². The molecule has 0 radical (unpaired) electrons. The largest absolute Gasteiger partial charge is 0.406 e. The maximum Gasteiger partial charge on any atom is 0.406 e. The van der Waals surface area contributed by atoms with Gasteiger partial charge in [0.25, 0.3) is 5.91 Å². The van der Waals surface area contributed by atoms with Gasteiger partial charge in [-0.15, -0.1) is 6.58 Å². The Labute approximate surface area is 118 Å². The van der Waals surface area contributed by atoms with Crippen LogP contribution in [0.1, 0.15) is 15.9 Å². The first-order chi connectivity index (χ1) is 8.74. The van der Waals surface area contributed by atoms with Crippen LogP contribution in [0.2, 0.25) is 0 Å². The molecule has 0 spiro atoms. The van der Waals surface area contributed by atoms with E-state index in [-0.39, 0.29) is 12.1 Å². The number of hydrogen-bond donors (Lipinski definition) is 0. The Balaban J connectivity index is 3.02. The van der Waals surface area contributed by atoms with Crippen molar-refractivity contribution in [2.45, 2.75) is 13.1 Å². The number of aryl methyl sites for hydroxylation is 1. The fraction of sp³-hybridized carbons (Fsp3) is 0.308. The highest BCUT2D eigenvalue weighted by molar-refractivity contribution is 9.10. The smallest absolute Gasteiger partial charge is 0.326 e. The predicted molar refractivity (Wildman–Crippen MR) is 71.0 cm³/mol. The van der Waals surface area contributed by atoms with Crippen molar-refractivity contribution in [1.82, 2.24) is 4.90 Å². The van der Waals surface area contributed by atoms with Crippen molar-refractivity contribution in [2.75, 3.05) is 13.1 Å². The summed E-state index contributed by atoms with van der Waals surface area (Å²) in [7, 11) is 0. The minimum atomic E-state index is -4.43.